The summed E-state index contributed by atoms with van der Waals surface area (Å²) in [4.78, 5) is 0. The second-order valence-electron chi connectivity index (χ2n) is 20.5. The van der Waals surface area contributed by atoms with E-state index in [9.17, 15) is 0 Å². The average molecular weight is 1080 g/mol. The van der Waals surface area contributed by atoms with Crippen molar-refractivity contribution >= 4 is 134 Å². The minimum atomic E-state index is -3.13. The van der Waals surface area contributed by atoms with Crippen LogP contribution in [0.3, 0.4) is 0 Å². The predicted octanol–water partition coefficient (Wildman–Crippen LogP) is 11.3. The van der Waals surface area contributed by atoms with Gasteiger partial charge in [0.15, 0.2) is 34.5 Å². The third kappa shape index (κ3) is 7.43. The Kier molecular flexibility index (Phi) is 14.1. The fourth-order valence-electron chi connectivity index (χ4n) is 12.0. The molecule has 3 heterocycles. The molecule has 72 heavy (non-hydrogen) atoms. The number of rotatable bonds is 21. The van der Waals surface area contributed by atoms with E-state index < -0.39 is 18.1 Å². The van der Waals surface area contributed by atoms with Crippen molar-refractivity contribution in [1.29, 1.82) is 0 Å². The molecular formula is C60H69O6P3S3. The number of hydrogen-bond acceptors (Lipinski definition) is 9. The van der Waals surface area contributed by atoms with E-state index >= 15 is 0 Å². The standard InChI is InChI=1S/C60H69O6P3S3/c1-13-61-49-50(62-14-2)56-44-43-45-47-48-46(44)58(68(56,71)41-27-21-38(22-28-41)32-35(9)10)53(65-17-5)54(66-18-6)60(48)69(72,42-29-23-39(24-30-42)33-36(11)12)59(47)52(64-16-4)51(63-15-3)57(45)67(70,55(43)49)40-25-19-37(20-26-40)31-34(7)8/h19-30,34-36H,13-18,31-33H2,1-12H3. The SMILES string of the molecule is CCOc1c(OCC)c2c3c4c1P(=S)(c1ccc(CC(C)C)cc1)c1c(OCC)c(OCC)c5c(c14)c1c(c(OCC)c(OCC)c(c31)P2(=S)c1ccc(CC(C)C)cc1)P5(=S)c1ccc(CC(C)C)cc1. The van der Waals surface area contributed by atoms with Crippen LogP contribution in [-0.4, -0.2) is 39.6 Å². The molecule has 0 radical (unpaired) electrons. The minimum absolute atomic E-state index is 0.395. The molecule has 6 nitrogen and oxygen atoms in total. The molecule has 378 valence electrons. The van der Waals surface area contributed by atoms with Gasteiger partial charge in [0.1, 0.15) is 0 Å². The van der Waals surface area contributed by atoms with Gasteiger partial charge in [0.2, 0.25) is 0 Å². The quantitative estimate of drug-likeness (QED) is 0.0517. The summed E-state index contributed by atoms with van der Waals surface area (Å²) < 4.78 is 43.0. The fourth-order valence-corrected chi connectivity index (χ4v) is 26.1. The molecule has 0 N–H and O–H groups in total. The summed E-state index contributed by atoms with van der Waals surface area (Å²) in [6, 6.07) is 17.9. The van der Waals surface area contributed by atoms with E-state index in [4.69, 9.17) is 63.8 Å². The summed E-state index contributed by atoms with van der Waals surface area (Å²) >= 11 is 22.9. The maximum atomic E-state index is 7.63. The zero-order valence-electron chi connectivity index (χ0n) is 44.0. The van der Waals surface area contributed by atoms with Crippen molar-refractivity contribution in [2.24, 2.45) is 17.8 Å². The van der Waals surface area contributed by atoms with E-state index in [1.54, 1.807) is 0 Å². The van der Waals surface area contributed by atoms with Gasteiger partial charge in [0.25, 0.3) is 0 Å². The van der Waals surface area contributed by atoms with Crippen LogP contribution in [0.2, 0.25) is 0 Å². The van der Waals surface area contributed by atoms with Crippen molar-refractivity contribution in [3.63, 3.8) is 0 Å². The molecule has 12 heteroatoms. The largest absolute Gasteiger partial charge is 0.489 e. The first-order chi connectivity index (χ1) is 34.6. The van der Waals surface area contributed by atoms with Crippen LogP contribution in [0.1, 0.15) is 99.8 Å². The molecule has 0 amide bonds. The summed E-state index contributed by atoms with van der Waals surface area (Å²) in [5.41, 5.74) is 3.82. The first-order valence-electron chi connectivity index (χ1n) is 26.2. The Morgan fingerprint density at radius 1 is 0.306 bits per heavy atom. The second kappa shape index (κ2) is 19.6. The van der Waals surface area contributed by atoms with E-state index in [0.29, 0.717) is 91.9 Å². The number of hydrogen-bond donors (Lipinski definition) is 0. The maximum absolute atomic E-state index is 7.63. The van der Waals surface area contributed by atoms with Gasteiger partial charge >= 0.3 is 0 Å². The van der Waals surface area contributed by atoms with E-state index in [2.05, 4.69) is 156 Å². The summed E-state index contributed by atoms with van der Waals surface area (Å²) in [6.45, 7) is 28.3. The van der Waals surface area contributed by atoms with E-state index in [1.807, 2.05) is 0 Å². The van der Waals surface area contributed by atoms with Crippen LogP contribution in [0.25, 0.3) is 32.3 Å². The minimum Gasteiger partial charge on any atom is -0.489 e. The first kappa shape index (κ1) is 51.6. The van der Waals surface area contributed by atoms with Crippen molar-refractivity contribution < 1.29 is 28.4 Å². The molecule has 10 rings (SSSR count). The molecule has 0 fully saturated rings. The van der Waals surface area contributed by atoms with Gasteiger partial charge in [-0.05, 0) is 111 Å². The lowest BCUT2D eigenvalue weighted by atomic mass is 9.93. The zero-order valence-corrected chi connectivity index (χ0v) is 49.2. The highest BCUT2D eigenvalue weighted by atomic mass is 32.4. The van der Waals surface area contributed by atoms with Crippen molar-refractivity contribution in [2.45, 2.75) is 102 Å². The molecule has 0 atom stereocenters. The Balaban J connectivity index is 1.53. The molecule has 0 spiro atoms. The van der Waals surface area contributed by atoms with E-state index in [1.165, 1.54) is 16.7 Å². The van der Waals surface area contributed by atoms with Crippen molar-refractivity contribution in [3.8, 4) is 34.5 Å². The third-order valence-corrected chi connectivity index (χ3v) is 28.9. The molecule has 3 aliphatic heterocycles. The highest BCUT2D eigenvalue weighted by Gasteiger charge is 2.56. The Morgan fingerprint density at radius 2 is 0.472 bits per heavy atom. The van der Waals surface area contributed by atoms with Gasteiger partial charge in [0.05, 0.1) is 39.6 Å². The predicted molar refractivity (Wildman–Crippen MR) is 320 cm³/mol. The van der Waals surface area contributed by atoms with Gasteiger partial charge in [-0.2, -0.15) is 0 Å². The molecule has 7 aromatic carbocycles. The van der Waals surface area contributed by atoms with E-state index in [-0.39, 0.29) is 0 Å². The topological polar surface area (TPSA) is 55.4 Å². The summed E-state index contributed by atoms with van der Waals surface area (Å²) in [5, 5.41) is 15.6. The number of benzene rings is 7. The highest BCUT2D eigenvalue weighted by molar-refractivity contribution is 8.28. The van der Waals surface area contributed by atoms with Crippen LogP contribution in [0.4, 0.5) is 0 Å². The Morgan fingerprint density at radius 3 is 0.611 bits per heavy atom. The molecule has 3 aliphatic rings. The normalized spacial score (nSPS) is 19.2. The van der Waals surface area contributed by atoms with Crippen LogP contribution in [0, 0.1) is 17.8 Å². The van der Waals surface area contributed by atoms with Crippen molar-refractivity contribution in [1.82, 2.24) is 0 Å². The van der Waals surface area contributed by atoms with Gasteiger partial charge in [-0.25, -0.2) is 0 Å². The lowest BCUT2D eigenvalue weighted by Gasteiger charge is -2.29. The Labute approximate surface area is 442 Å². The van der Waals surface area contributed by atoms with Crippen LogP contribution in [-0.2, 0) is 54.7 Å². The summed E-state index contributed by atoms with van der Waals surface area (Å²) in [5.74, 6) is 5.56. The monoisotopic (exact) mass is 1070 g/mol. The highest BCUT2D eigenvalue weighted by Crippen LogP contribution is 2.70. The smallest absolute Gasteiger partial charge is 0.171 e. The van der Waals surface area contributed by atoms with E-state index in [0.717, 1.165) is 99.3 Å². The van der Waals surface area contributed by atoms with Gasteiger partial charge in [-0.1, -0.05) is 150 Å². The van der Waals surface area contributed by atoms with Gasteiger partial charge < -0.3 is 28.4 Å². The lowest BCUT2D eigenvalue weighted by Crippen LogP contribution is -2.29. The molecule has 0 aromatic heterocycles. The van der Waals surface area contributed by atoms with Gasteiger partial charge in [-0.15, -0.1) is 0 Å². The third-order valence-electron chi connectivity index (χ3n) is 14.3. The molecule has 0 aliphatic carbocycles. The molecule has 0 unspecified atom stereocenters. The molecule has 0 bridgehead atoms. The summed E-state index contributed by atoms with van der Waals surface area (Å²) in [7, 11) is 0. The molecule has 0 saturated carbocycles. The van der Waals surface area contributed by atoms with Gasteiger partial charge in [-0.3, -0.25) is 0 Å². The lowest BCUT2D eigenvalue weighted by molar-refractivity contribution is 0.292. The second-order valence-corrected chi connectivity index (χ2v) is 33.4. The van der Waals surface area contributed by atoms with Crippen molar-refractivity contribution in [3.05, 3.63) is 89.5 Å². The maximum Gasteiger partial charge on any atom is 0.171 e. The van der Waals surface area contributed by atoms with Crippen LogP contribution in [0.5, 0.6) is 34.5 Å². The van der Waals surface area contributed by atoms with Crippen molar-refractivity contribution in [2.75, 3.05) is 39.6 Å². The zero-order chi connectivity index (χ0) is 51.2. The summed E-state index contributed by atoms with van der Waals surface area (Å²) in [6.07, 6.45) is 2.89. The van der Waals surface area contributed by atoms with Crippen LogP contribution >= 0.6 is 18.1 Å². The fraction of sp³-hybridized carbons (Fsp3) is 0.400. The first-order valence-corrected chi connectivity index (χ1v) is 34.6. The number of ether oxygens (including phenoxy) is 6. The van der Waals surface area contributed by atoms with Gasteiger partial charge in [0, 0.05) is 82.3 Å². The average Bonchev–Trinajstić information content (AvgIpc) is 3.89. The molecule has 7 aromatic rings. The molecular weight excluding hydrogens is 1010 g/mol. The Hall–Kier alpha value is -3.93. The molecule has 0 saturated heterocycles. The van der Waals surface area contributed by atoms with Crippen LogP contribution < -0.4 is 76.2 Å². The Bertz CT molecular complexity index is 2940. The van der Waals surface area contributed by atoms with Crippen LogP contribution in [0.15, 0.2) is 72.8 Å².